The minimum atomic E-state index is -5.36. The van der Waals surface area contributed by atoms with Crippen LogP contribution in [0.1, 0.15) is 23.2 Å². The summed E-state index contributed by atoms with van der Waals surface area (Å²) < 4.78 is 38.5. The maximum Gasteiger partial charge on any atom is 0.470 e. The lowest BCUT2D eigenvalue weighted by Gasteiger charge is -2.26. The lowest BCUT2D eigenvalue weighted by molar-refractivity contribution is -0.168. The first-order valence-electron chi connectivity index (χ1n) is 7.19. The third-order valence-electron chi connectivity index (χ3n) is 3.21. The molecule has 0 saturated heterocycles. The summed E-state index contributed by atoms with van der Waals surface area (Å²) in [6, 6.07) is 6.09. The molecule has 1 aliphatic heterocycles. The van der Waals surface area contributed by atoms with Gasteiger partial charge in [-0.2, -0.15) is 0 Å². The van der Waals surface area contributed by atoms with Crippen LogP contribution in [0.3, 0.4) is 0 Å². The molecule has 14 nitrogen and oxygen atoms in total. The van der Waals surface area contributed by atoms with Crippen LogP contribution < -0.4 is 4.72 Å². The molecule has 1 aliphatic rings. The van der Waals surface area contributed by atoms with Crippen LogP contribution in [-0.2, 0) is 33.5 Å². The van der Waals surface area contributed by atoms with Gasteiger partial charge in [-0.15, -0.1) is 0 Å². The Balaban J connectivity index is 0.000000304. The van der Waals surface area contributed by atoms with E-state index in [2.05, 4.69) is 4.52 Å². The molecule has 1 aromatic carbocycles. The van der Waals surface area contributed by atoms with Gasteiger partial charge in [0.1, 0.15) is 4.90 Å². The van der Waals surface area contributed by atoms with Crippen molar-refractivity contribution in [2.75, 3.05) is 0 Å². The Morgan fingerprint density at radius 2 is 1.52 bits per heavy atom. The van der Waals surface area contributed by atoms with Gasteiger partial charge in [0.2, 0.25) is 0 Å². The van der Waals surface area contributed by atoms with Gasteiger partial charge in [0.15, 0.2) is 5.60 Å². The summed E-state index contributed by atoms with van der Waals surface area (Å²) in [5.74, 6) is -6.19. The summed E-state index contributed by atoms with van der Waals surface area (Å²) >= 11 is 0. The molecule has 1 aromatic rings. The Morgan fingerprint density at radius 1 is 1.03 bits per heavy atom. The number of hydrogen-bond acceptors (Lipinski definition) is 8. The average molecular weight is 455 g/mol. The number of phosphoric ester groups is 1. The highest BCUT2D eigenvalue weighted by atomic mass is 32.2. The van der Waals surface area contributed by atoms with Gasteiger partial charge in [0.05, 0.1) is 18.4 Å². The van der Waals surface area contributed by atoms with Crippen LogP contribution in [0.2, 0.25) is 0 Å². The van der Waals surface area contributed by atoms with Gasteiger partial charge in [-0.3, -0.25) is 18.9 Å². The lowest BCUT2D eigenvalue weighted by Crippen LogP contribution is -2.44. The highest BCUT2D eigenvalue weighted by molar-refractivity contribution is 7.90. The van der Waals surface area contributed by atoms with Gasteiger partial charge in [0, 0.05) is 0 Å². The zero-order chi connectivity index (χ0) is 22.6. The minimum Gasteiger partial charge on any atom is -0.481 e. The van der Waals surface area contributed by atoms with E-state index in [1.54, 1.807) is 12.1 Å². The van der Waals surface area contributed by atoms with Crippen LogP contribution in [0.5, 0.6) is 0 Å². The molecule has 0 aliphatic carbocycles. The zero-order valence-corrected chi connectivity index (χ0v) is 15.8. The first-order chi connectivity index (χ1) is 13.1. The van der Waals surface area contributed by atoms with Crippen LogP contribution in [0.15, 0.2) is 29.2 Å². The Hall–Kier alpha value is -2.84. The van der Waals surface area contributed by atoms with E-state index in [0.29, 0.717) is 0 Å². The molecular formula is C13H14NO13PS. The molecule has 160 valence electrons. The maximum atomic E-state index is 11.1. The van der Waals surface area contributed by atoms with Crippen LogP contribution >= 0.6 is 7.82 Å². The Bertz CT molecular complexity index is 980. The van der Waals surface area contributed by atoms with Gasteiger partial charge < -0.3 is 25.1 Å². The van der Waals surface area contributed by atoms with Crippen molar-refractivity contribution in [1.29, 1.82) is 0 Å². The summed E-state index contributed by atoms with van der Waals surface area (Å²) in [4.78, 5) is 59.6. The van der Waals surface area contributed by atoms with E-state index in [0.717, 1.165) is 0 Å². The van der Waals surface area contributed by atoms with Crippen molar-refractivity contribution in [2.45, 2.75) is 23.3 Å². The maximum absolute atomic E-state index is 11.1. The summed E-state index contributed by atoms with van der Waals surface area (Å²) in [5.41, 5.74) is -2.80. The molecule has 1 heterocycles. The third kappa shape index (κ3) is 6.62. The number of nitrogens with one attached hydrogen (secondary N) is 1. The van der Waals surface area contributed by atoms with Crippen molar-refractivity contribution in [1.82, 2.24) is 4.72 Å². The fourth-order valence-electron chi connectivity index (χ4n) is 2.15. The standard InChI is InChI=1S/C7H5NO3S.C6H9O10P/c9-7-5-3-1-2-4-6(5)12(10,11)8-7;7-3(8)1-6(5(11)12,2-4(9)10)16-17(13,14)15/h1-4H,(H,8,9);1-2H2,(H,7,8)(H,9,10)(H,11,12)(H2,13,14,15). The topological polar surface area (TPSA) is 242 Å². The molecule has 0 bridgehead atoms. The number of carbonyl (C=O) groups excluding carboxylic acids is 1. The summed E-state index contributed by atoms with van der Waals surface area (Å²) in [6.45, 7) is 0. The van der Waals surface area contributed by atoms with E-state index in [-0.39, 0.29) is 10.5 Å². The first kappa shape index (κ1) is 24.2. The highest BCUT2D eigenvalue weighted by Crippen LogP contribution is 2.44. The molecule has 16 heteroatoms. The van der Waals surface area contributed by atoms with Crippen molar-refractivity contribution in [2.24, 2.45) is 0 Å². The van der Waals surface area contributed by atoms with Crippen LogP contribution in [0.25, 0.3) is 0 Å². The van der Waals surface area contributed by atoms with E-state index >= 15 is 0 Å². The van der Waals surface area contributed by atoms with Gasteiger partial charge >= 0.3 is 25.7 Å². The number of phosphoric acid groups is 1. The monoisotopic (exact) mass is 455 g/mol. The summed E-state index contributed by atoms with van der Waals surface area (Å²) in [5, 5.41) is 25.5. The second-order valence-corrected chi connectivity index (χ2v) is 8.27. The minimum absolute atomic E-state index is 0.0648. The molecular weight excluding hydrogens is 441 g/mol. The highest BCUT2D eigenvalue weighted by Gasteiger charge is 2.49. The Kier molecular flexibility index (Phi) is 7.23. The van der Waals surface area contributed by atoms with Crippen molar-refractivity contribution < 1.29 is 61.8 Å². The molecule has 29 heavy (non-hydrogen) atoms. The lowest BCUT2D eigenvalue weighted by atomic mass is 9.96. The van der Waals surface area contributed by atoms with Crippen LogP contribution in [-0.4, -0.2) is 62.9 Å². The second kappa shape index (κ2) is 8.67. The van der Waals surface area contributed by atoms with E-state index in [1.165, 1.54) is 12.1 Å². The average Bonchev–Trinajstić information content (AvgIpc) is 2.74. The SMILES string of the molecule is O=C(O)CC(CC(=O)O)(OP(=O)(O)O)C(=O)O.O=C1NS(=O)(=O)c2ccccc21. The molecule has 1 amide bonds. The molecule has 0 saturated carbocycles. The van der Waals surface area contributed by atoms with Crippen LogP contribution in [0, 0.1) is 0 Å². The number of rotatable bonds is 7. The molecule has 0 unspecified atom stereocenters. The number of carbonyl (C=O) groups is 4. The number of carboxylic acids is 3. The van der Waals surface area contributed by atoms with Gasteiger partial charge in [0.25, 0.3) is 15.9 Å². The molecule has 0 fully saturated rings. The molecule has 0 spiro atoms. The largest absolute Gasteiger partial charge is 0.481 e. The molecule has 0 aromatic heterocycles. The number of carboxylic acid groups (broad SMARTS) is 3. The number of fused-ring (bicyclic) bond motifs is 1. The Morgan fingerprint density at radius 3 is 1.90 bits per heavy atom. The summed E-state index contributed by atoms with van der Waals surface area (Å²) in [6.07, 6.45) is -2.81. The predicted molar refractivity (Wildman–Crippen MR) is 89.1 cm³/mol. The molecule has 2 rings (SSSR count). The van der Waals surface area contributed by atoms with Crippen molar-refractivity contribution in [3.8, 4) is 0 Å². The molecule has 0 atom stereocenters. The van der Waals surface area contributed by atoms with E-state index in [4.69, 9.17) is 25.1 Å². The van der Waals surface area contributed by atoms with Crippen LogP contribution in [0.4, 0.5) is 0 Å². The summed E-state index contributed by atoms with van der Waals surface area (Å²) in [7, 11) is -8.92. The Labute approximate surface area is 162 Å². The van der Waals surface area contributed by atoms with Crippen molar-refractivity contribution in [3.63, 3.8) is 0 Å². The predicted octanol–water partition coefficient (Wildman–Crippen LogP) is -1.01. The zero-order valence-electron chi connectivity index (χ0n) is 14.1. The van der Waals surface area contributed by atoms with Crippen molar-refractivity contribution in [3.05, 3.63) is 29.8 Å². The van der Waals surface area contributed by atoms with E-state index in [1.807, 2.05) is 4.72 Å². The fraction of sp³-hybridized carbons (Fsp3) is 0.231. The number of benzene rings is 1. The van der Waals surface area contributed by atoms with Gasteiger partial charge in [-0.25, -0.2) is 22.5 Å². The van der Waals surface area contributed by atoms with Gasteiger partial charge in [-0.1, -0.05) is 12.1 Å². The second-order valence-electron chi connectivity index (χ2n) is 5.45. The van der Waals surface area contributed by atoms with E-state index in [9.17, 15) is 32.2 Å². The van der Waals surface area contributed by atoms with Gasteiger partial charge in [-0.05, 0) is 12.1 Å². The quantitative estimate of drug-likeness (QED) is 0.270. The smallest absolute Gasteiger partial charge is 0.470 e. The number of sulfonamides is 1. The fourth-order valence-corrected chi connectivity index (χ4v) is 3.99. The first-order valence-corrected chi connectivity index (χ1v) is 10.2. The number of hydrogen-bond donors (Lipinski definition) is 6. The van der Waals surface area contributed by atoms with Crippen molar-refractivity contribution >= 4 is 41.7 Å². The number of amides is 1. The third-order valence-corrected chi connectivity index (χ3v) is 5.18. The molecule has 6 N–H and O–H groups in total. The molecule has 0 radical (unpaired) electrons. The normalized spacial score (nSPS) is 14.8. The van der Waals surface area contributed by atoms with E-state index < -0.39 is 60.1 Å². The number of aliphatic carboxylic acids is 3.